The minimum atomic E-state index is 0.708. The van der Waals surface area contributed by atoms with Crippen molar-refractivity contribution in [1.29, 1.82) is 0 Å². The van der Waals surface area contributed by atoms with Crippen LogP contribution in [-0.4, -0.2) is 24.0 Å². The minimum absolute atomic E-state index is 0.708. The SMILES string of the molecule is CN1C2CCC1CC(C=C(c1ccccc1)c1ccccc1)C2. The van der Waals surface area contributed by atoms with Crippen molar-refractivity contribution in [2.45, 2.75) is 37.8 Å². The van der Waals surface area contributed by atoms with Crippen molar-refractivity contribution in [3.63, 3.8) is 0 Å². The first-order valence-corrected chi connectivity index (χ1v) is 8.86. The number of hydrogen-bond donors (Lipinski definition) is 0. The molecule has 2 aromatic carbocycles. The van der Waals surface area contributed by atoms with Gasteiger partial charge in [-0.2, -0.15) is 0 Å². The van der Waals surface area contributed by atoms with Crippen LogP contribution in [-0.2, 0) is 0 Å². The van der Waals surface area contributed by atoms with Gasteiger partial charge in [0.15, 0.2) is 0 Å². The van der Waals surface area contributed by atoms with E-state index in [1.165, 1.54) is 42.4 Å². The van der Waals surface area contributed by atoms with Gasteiger partial charge in [0.05, 0.1) is 0 Å². The highest BCUT2D eigenvalue weighted by molar-refractivity contribution is 5.79. The van der Waals surface area contributed by atoms with Crippen molar-refractivity contribution in [2.75, 3.05) is 7.05 Å². The lowest BCUT2D eigenvalue weighted by Crippen LogP contribution is -2.39. The fraction of sp³-hybridized carbons (Fsp3) is 0.364. The Bertz CT molecular complexity index is 618. The molecule has 0 spiro atoms. The van der Waals surface area contributed by atoms with E-state index in [0.29, 0.717) is 5.92 Å². The molecule has 2 heterocycles. The van der Waals surface area contributed by atoms with Crippen LogP contribution in [0, 0.1) is 5.92 Å². The molecule has 1 nitrogen and oxygen atoms in total. The second-order valence-electron chi connectivity index (χ2n) is 7.09. The van der Waals surface area contributed by atoms with E-state index in [1.807, 2.05) is 0 Å². The van der Waals surface area contributed by atoms with Gasteiger partial charge in [0.2, 0.25) is 0 Å². The van der Waals surface area contributed by atoms with E-state index >= 15 is 0 Å². The first-order valence-electron chi connectivity index (χ1n) is 8.86. The van der Waals surface area contributed by atoms with E-state index in [-0.39, 0.29) is 0 Å². The van der Waals surface area contributed by atoms with E-state index in [0.717, 1.165) is 12.1 Å². The van der Waals surface area contributed by atoms with Crippen molar-refractivity contribution in [1.82, 2.24) is 4.90 Å². The summed E-state index contributed by atoms with van der Waals surface area (Å²) in [5.41, 5.74) is 4.08. The minimum Gasteiger partial charge on any atom is -0.300 e. The van der Waals surface area contributed by atoms with Crippen LogP contribution in [0.5, 0.6) is 0 Å². The van der Waals surface area contributed by atoms with Gasteiger partial charge in [0.25, 0.3) is 0 Å². The summed E-state index contributed by atoms with van der Waals surface area (Å²) >= 11 is 0. The summed E-state index contributed by atoms with van der Waals surface area (Å²) in [6, 6.07) is 23.3. The van der Waals surface area contributed by atoms with Crippen LogP contribution in [0.1, 0.15) is 36.8 Å². The second kappa shape index (κ2) is 6.33. The summed E-state index contributed by atoms with van der Waals surface area (Å²) in [5.74, 6) is 0.708. The molecule has 0 radical (unpaired) electrons. The molecule has 0 N–H and O–H groups in total. The largest absolute Gasteiger partial charge is 0.300 e. The van der Waals surface area contributed by atoms with E-state index in [4.69, 9.17) is 0 Å². The highest BCUT2D eigenvalue weighted by atomic mass is 15.2. The standard InChI is InChI=1S/C22H25N/c1-23-20-12-13-21(23)15-17(14-20)16-22(18-8-4-2-5-9-18)19-10-6-3-7-11-19/h2-11,16-17,20-21H,12-15H2,1H3. The lowest BCUT2D eigenvalue weighted by Gasteiger charge is -2.35. The van der Waals surface area contributed by atoms with Crippen molar-refractivity contribution < 1.29 is 0 Å². The number of hydrogen-bond acceptors (Lipinski definition) is 1. The maximum Gasteiger partial charge on any atom is 0.0101 e. The van der Waals surface area contributed by atoms with Crippen LogP contribution < -0.4 is 0 Å². The molecule has 0 amide bonds. The van der Waals surface area contributed by atoms with Gasteiger partial charge in [0.1, 0.15) is 0 Å². The fourth-order valence-corrected chi connectivity index (χ4v) is 4.42. The molecule has 0 aliphatic carbocycles. The Morgan fingerprint density at radius 3 is 1.78 bits per heavy atom. The maximum absolute atomic E-state index is 2.62. The maximum atomic E-state index is 2.62. The molecule has 2 aliphatic heterocycles. The predicted octanol–water partition coefficient (Wildman–Crippen LogP) is 4.99. The summed E-state index contributed by atoms with van der Waals surface area (Å²) in [4.78, 5) is 2.62. The Hall–Kier alpha value is -1.86. The van der Waals surface area contributed by atoms with Gasteiger partial charge in [-0.15, -0.1) is 0 Å². The van der Waals surface area contributed by atoms with Crippen LogP contribution >= 0.6 is 0 Å². The molecule has 118 valence electrons. The number of rotatable bonds is 3. The smallest absolute Gasteiger partial charge is 0.0101 e. The van der Waals surface area contributed by atoms with Crippen molar-refractivity contribution >= 4 is 5.57 Å². The molecule has 2 unspecified atom stereocenters. The zero-order valence-electron chi connectivity index (χ0n) is 13.9. The number of allylic oxidation sites excluding steroid dienone is 1. The Morgan fingerprint density at radius 1 is 0.826 bits per heavy atom. The van der Waals surface area contributed by atoms with Crippen molar-refractivity contribution in [2.24, 2.45) is 5.92 Å². The molecular formula is C22H25N. The first-order chi connectivity index (χ1) is 11.3. The zero-order chi connectivity index (χ0) is 15.6. The van der Waals surface area contributed by atoms with E-state index in [1.54, 1.807) is 0 Å². The van der Waals surface area contributed by atoms with Crippen molar-refractivity contribution in [3.8, 4) is 0 Å². The van der Waals surface area contributed by atoms with Crippen LogP contribution in [0.15, 0.2) is 66.7 Å². The molecule has 2 bridgehead atoms. The Kier molecular flexibility index (Phi) is 4.05. The van der Waals surface area contributed by atoms with Crippen LogP contribution in [0.25, 0.3) is 5.57 Å². The molecule has 4 rings (SSSR count). The van der Waals surface area contributed by atoms with Crippen LogP contribution in [0.3, 0.4) is 0 Å². The van der Waals surface area contributed by atoms with Gasteiger partial charge in [-0.1, -0.05) is 66.7 Å². The zero-order valence-corrected chi connectivity index (χ0v) is 13.9. The summed E-state index contributed by atoms with van der Waals surface area (Å²) in [6.07, 6.45) is 7.96. The summed E-state index contributed by atoms with van der Waals surface area (Å²) < 4.78 is 0. The van der Waals surface area contributed by atoms with Gasteiger partial charge < -0.3 is 4.90 Å². The Balaban J connectivity index is 1.68. The third kappa shape index (κ3) is 2.98. The lowest BCUT2D eigenvalue weighted by atomic mass is 9.86. The molecular weight excluding hydrogens is 278 g/mol. The summed E-state index contributed by atoms with van der Waals surface area (Å²) in [5, 5.41) is 0. The Labute approximate surface area is 139 Å². The lowest BCUT2D eigenvalue weighted by molar-refractivity contribution is 0.152. The molecule has 2 fully saturated rings. The van der Waals surface area contributed by atoms with E-state index in [2.05, 4.69) is 78.7 Å². The molecule has 0 saturated carbocycles. The second-order valence-corrected chi connectivity index (χ2v) is 7.09. The number of piperidine rings is 1. The summed E-state index contributed by atoms with van der Waals surface area (Å²) in [6.45, 7) is 0. The normalized spacial score (nSPS) is 26.9. The van der Waals surface area contributed by atoms with Gasteiger partial charge in [0, 0.05) is 12.1 Å². The topological polar surface area (TPSA) is 3.24 Å². The Morgan fingerprint density at radius 2 is 1.30 bits per heavy atom. The predicted molar refractivity (Wildman–Crippen MR) is 97.3 cm³/mol. The number of fused-ring (bicyclic) bond motifs is 2. The molecule has 23 heavy (non-hydrogen) atoms. The fourth-order valence-electron chi connectivity index (χ4n) is 4.42. The van der Waals surface area contributed by atoms with Gasteiger partial charge in [-0.25, -0.2) is 0 Å². The van der Waals surface area contributed by atoms with Crippen molar-refractivity contribution in [3.05, 3.63) is 77.9 Å². The molecule has 1 heteroatoms. The van der Waals surface area contributed by atoms with E-state index < -0.39 is 0 Å². The van der Waals surface area contributed by atoms with Gasteiger partial charge in [-0.3, -0.25) is 0 Å². The molecule has 2 aromatic rings. The molecule has 2 atom stereocenters. The van der Waals surface area contributed by atoms with Gasteiger partial charge in [-0.05, 0) is 55.3 Å². The van der Waals surface area contributed by atoms with E-state index in [9.17, 15) is 0 Å². The third-order valence-corrected chi connectivity index (χ3v) is 5.71. The monoisotopic (exact) mass is 303 g/mol. The number of nitrogens with zero attached hydrogens (tertiary/aromatic N) is 1. The highest BCUT2D eigenvalue weighted by Crippen LogP contribution is 2.39. The first kappa shape index (κ1) is 14.7. The van der Waals surface area contributed by atoms with Gasteiger partial charge >= 0.3 is 0 Å². The summed E-state index contributed by atoms with van der Waals surface area (Å²) in [7, 11) is 2.32. The quantitative estimate of drug-likeness (QED) is 0.772. The molecule has 2 saturated heterocycles. The average Bonchev–Trinajstić information content (AvgIpc) is 2.83. The highest BCUT2D eigenvalue weighted by Gasteiger charge is 2.37. The van der Waals surface area contributed by atoms with Crippen LogP contribution in [0.2, 0.25) is 0 Å². The third-order valence-electron chi connectivity index (χ3n) is 5.71. The average molecular weight is 303 g/mol. The molecule has 0 aromatic heterocycles. The van der Waals surface area contributed by atoms with Crippen LogP contribution in [0.4, 0.5) is 0 Å². The number of benzene rings is 2. The molecule has 2 aliphatic rings.